The van der Waals surface area contributed by atoms with Crippen LogP contribution in [0.5, 0.6) is 0 Å². The van der Waals surface area contributed by atoms with Crippen molar-refractivity contribution in [1.82, 2.24) is 24.8 Å². The maximum atomic E-state index is 5.63. The second-order valence-electron chi connectivity index (χ2n) is 6.39. The van der Waals surface area contributed by atoms with Crippen molar-refractivity contribution in [2.24, 2.45) is 0 Å². The summed E-state index contributed by atoms with van der Waals surface area (Å²) in [5.41, 5.74) is 4.66. The van der Waals surface area contributed by atoms with E-state index in [1.54, 1.807) is 11.3 Å². The van der Waals surface area contributed by atoms with E-state index < -0.39 is 0 Å². The number of aryl methyl sites for hydroxylation is 1. The lowest BCUT2D eigenvalue weighted by molar-refractivity contribution is 0.329. The first-order chi connectivity index (χ1) is 12.6. The number of rotatable bonds is 4. The van der Waals surface area contributed by atoms with Gasteiger partial charge in [-0.25, -0.2) is 4.98 Å². The minimum absolute atomic E-state index is 0.0360. The summed E-state index contributed by atoms with van der Waals surface area (Å²) in [7, 11) is 0. The predicted octanol–water partition coefficient (Wildman–Crippen LogP) is 3.94. The molecule has 2 atom stereocenters. The molecule has 26 heavy (non-hydrogen) atoms. The van der Waals surface area contributed by atoms with Crippen LogP contribution in [0.15, 0.2) is 42.0 Å². The van der Waals surface area contributed by atoms with E-state index in [9.17, 15) is 0 Å². The summed E-state index contributed by atoms with van der Waals surface area (Å²) in [6, 6.07) is 8.44. The Morgan fingerprint density at radius 3 is 2.73 bits per heavy atom. The molecule has 0 unspecified atom stereocenters. The zero-order valence-corrected chi connectivity index (χ0v) is 16.6. The fourth-order valence-electron chi connectivity index (χ4n) is 3.79. The van der Waals surface area contributed by atoms with Crippen LogP contribution in [0.3, 0.4) is 0 Å². The molecule has 0 amide bonds. The monoisotopic (exact) mass is 383 g/mol. The van der Waals surface area contributed by atoms with Gasteiger partial charge in [0, 0.05) is 35.7 Å². The van der Waals surface area contributed by atoms with Gasteiger partial charge in [-0.1, -0.05) is 6.07 Å². The Labute approximate surface area is 162 Å². The summed E-state index contributed by atoms with van der Waals surface area (Å²) in [4.78, 5) is 11.3. The van der Waals surface area contributed by atoms with Crippen molar-refractivity contribution in [3.63, 3.8) is 0 Å². The van der Waals surface area contributed by atoms with Gasteiger partial charge < -0.3 is 10.2 Å². The molecule has 4 heterocycles. The fourth-order valence-corrected chi connectivity index (χ4v) is 4.91. The van der Waals surface area contributed by atoms with Gasteiger partial charge in [-0.15, -0.1) is 11.3 Å². The van der Waals surface area contributed by atoms with Gasteiger partial charge >= 0.3 is 0 Å². The van der Waals surface area contributed by atoms with Crippen molar-refractivity contribution >= 4 is 28.7 Å². The number of thiazole rings is 1. The molecule has 5 nitrogen and oxygen atoms in total. The number of nitrogens with one attached hydrogen (secondary N) is 1. The van der Waals surface area contributed by atoms with E-state index in [0.717, 1.165) is 22.5 Å². The van der Waals surface area contributed by atoms with Gasteiger partial charge in [0.2, 0.25) is 0 Å². The Morgan fingerprint density at radius 1 is 1.23 bits per heavy atom. The van der Waals surface area contributed by atoms with Gasteiger partial charge in [0.15, 0.2) is 10.2 Å². The highest BCUT2D eigenvalue weighted by molar-refractivity contribution is 7.80. The second-order valence-corrected chi connectivity index (χ2v) is 7.65. The third-order valence-corrected chi connectivity index (χ3v) is 6.05. The first-order valence-corrected chi connectivity index (χ1v) is 9.97. The van der Waals surface area contributed by atoms with Crippen LogP contribution < -0.4 is 5.32 Å². The number of aromatic nitrogens is 3. The summed E-state index contributed by atoms with van der Waals surface area (Å²) in [6.45, 7) is 7.28. The molecule has 1 N–H and O–H groups in total. The maximum Gasteiger partial charge on any atom is 0.193 e. The zero-order chi connectivity index (χ0) is 18.3. The minimum atomic E-state index is 0.0360. The molecule has 3 aromatic rings. The van der Waals surface area contributed by atoms with E-state index in [2.05, 4.69) is 57.7 Å². The highest BCUT2D eigenvalue weighted by Gasteiger charge is 2.40. The number of hydrogen-bond donors (Lipinski definition) is 1. The first-order valence-electron chi connectivity index (χ1n) is 8.68. The summed E-state index contributed by atoms with van der Waals surface area (Å²) in [5.74, 6) is 0. The van der Waals surface area contributed by atoms with Crippen LogP contribution in [-0.4, -0.2) is 31.1 Å². The third-order valence-electron chi connectivity index (χ3n) is 4.94. The molecule has 0 aliphatic carbocycles. The lowest BCUT2D eigenvalue weighted by Crippen LogP contribution is -2.29. The summed E-state index contributed by atoms with van der Waals surface area (Å²) < 4.78 is 2.23. The maximum absolute atomic E-state index is 5.63. The zero-order valence-electron chi connectivity index (χ0n) is 15.0. The largest absolute Gasteiger partial charge is 0.352 e. The Balaban J connectivity index is 1.83. The van der Waals surface area contributed by atoms with Gasteiger partial charge in [-0.2, -0.15) is 0 Å². The normalized spacial score (nSPS) is 19.8. The van der Waals surface area contributed by atoms with Crippen LogP contribution in [0.25, 0.3) is 5.13 Å². The molecule has 134 valence electrons. The van der Waals surface area contributed by atoms with Crippen molar-refractivity contribution < 1.29 is 0 Å². The Hall–Kier alpha value is -2.25. The molecule has 0 aromatic carbocycles. The average Bonchev–Trinajstić information content (AvgIpc) is 3.34. The predicted molar refractivity (Wildman–Crippen MR) is 109 cm³/mol. The SMILES string of the molecule is CCN1C(=S)N[C@H](c2ccccn2)[C@H]1c1cc(C)n(-c2nccs2)c1C. The lowest BCUT2D eigenvalue weighted by atomic mass is 9.97. The summed E-state index contributed by atoms with van der Waals surface area (Å²) >= 11 is 7.28. The highest BCUT2D eigenvalue weighted by Crippen LogP contribution is 2.41. The smallest absolute Gasteiger partial charge is 0.193 e. The average molecular weight is 384 g/mol. The van der Waals surface area contributed by atoms with Gasteiger partial charge in [0.05, 0.1) is 17.8 Å². The highest BCUT2D eigenvalue weighted by atomic mass is 32.1. The van der Waals surface area contributed by atoms with Crippen molar-refractivity contribution in [2.75, 3.05) is 6.54 Å². The summed E-state index contributed by atoms with van der Waals surface area (Å²) in [6.07, 6.45) is 3.68. The molecule has 0 bridgehead atoms. The topological polar surface area (TPSA) is 46.0 Å². The molecule has 0 spiro atoms. The number of nitrogens with zero attached hydrogens (tertiary/aromatic N) is 4. The molecule has 1 saturated heterocycles. The quantitative estimate of drug-likeness (QED) is 0.692. The molecule has 1 aliphatic rings. The van der Waals surface area contributed by atoms with Gasteiger partial charge in [0.25, 0.3) is 0 Å². The Kier molecular flexibility index (Phi) is 4.50. The number of pyridine rings is 1. The molecule has 0 radical (unpaired) electrons. The van der Waals surface area contributed by atoms with Crippen molar-refractivity contribution in [1.29, 1.82) is 0 Å². The van der Waals surface area contributed by atoms with E-state index in [-0.39, 0.29) is 12.1 Å². The minimum Gasteiger partial charge on any atom is -0.352 e. The lowest BCUT2D eigenvalue weighted by Gasteiger charge is -2.26. The van der Waals surface area contributed by atoms with E-state index in [1.807, 2.05) is 29.9 Å². The van der Waals surface area contributed by atoms with Gasteiger partial charge in [0.1, 0.15) is 0 Å². The molecule has 1 aliphatic heterocycles. The van der Waals surface area contributed by atoms with Crippen molar-refractivity contribution in [3.05, 3.63) is 64.7 Å². The van der Waals surface area contributed by atoms with Crippen LogP contribution in [0.4, 0.5) is 0 Å². The van der Waals surface area contributed by atoms with Crippen LogP contribution in [0.1, 0.15) is 41.7 Å². The number of likely N-dealkylation sites (N-methyl/N-ethyl adjacent to an activating group) is 1. The van der Waals surface area contributed by atoms with Crippen LogP contribution in [0.2, 0.25) is 0 Å². The van der Waals surface area contributed by atoms with E-state index in [1.165, 1.54) is 17.0 Å². The van der Waals surface area contributed by atoms with Crippen LogP contribution in [-0.2, 0) is 0 Å². The number of thiocarbonyl (C=S) groups is 1. The molecule has 0 saturated carbocycles. The van der Waals surface area contributed by atoms with Crippen LogP contribution >= 0.6 is 23.6 Å². The van der Waals surface area contributed by atoms with Crippen molar-refractivity contribution in [2.45, 2.75) is 32.9 Å². The van der Waals surface area contributed by atoms with Gasteiger partial charge in [-0.05, 0) is 56.8 Å². The molecular formula is C19H21N5S2. The van der Waals surface area contributed by atoms with Crippen LogP contribution in [0, 0.1) is 13.8 Å². The third kappa shape index (κ3) is 2.71. The van der Waals surface area contributed by atoms with E-state index in [4.69, 9.17) is 12.2 Å². The number of hydrogen-bond acceptors (Lipinski definition) is 4. The fraction of sp³-hybridized carbons (Fsp3) is 0.316. The molecule has 3 aromatic heterocycles. The Morgan fingerprint density at radius 2 is 2.08 bits per heavy atom. The summed E-state index contributed by atoms with van der Waals surface area (Å²) in [5, 5.41) is 7.27. The molecule has 7 heteroatoms. The standard InChI is InChI=1S/C19H21N5S2/c1-4-23-17(16(22-18(23)25)15-7-5-6-8-20-15)14-11-12(2)24(13(14)3)19-21-9-10-26-19/h5-11,16-17H,4H2,1-3H3,(H,22,25)/t16-,17-/m1/s1. The van der Waals surface area contributed by atoms with Gasteiger partial charge in [-0.3, -0.25) is 9.55 Å². The van der Waals surface area contributed by atoms with E-state index >= 15 is 0 Å². The first kappa shape index (κ1) is 17.2. The molecule has 4 rings (SSSR count). The second kappa shape index (κ2) is 6.81. The molecular weight excluding hydrogens is 362 g/mol. The molecule has 1 fully saturated rings. The van der Waals surface area contributed by atoms with E-state index in [0.29, 0.717) is 0 Å². The Bertz CT molecular complexity index is 917. The van der Waals surface area contributed by atoms with Crippen molar-refractivity contribution in [3.8, 4) is 5.13 Å².